The summed E-state index contributed by atoms with van der Waals surface area (Å²) in [7, 11) is 1.66. The number of thioether (sulfide) groups is 2. The molecular weight excluding hydrogens is 422 g/mol. The average Bonchev–Trinajstić information content (AvgIpc) is 3.19. The molecule has 3 aromatic rings. The van der Waals surface area contributed by atoms with E-state index in [1.807, 2.05) is 42.5 Å². The van der Waals surface area contributed by atoms with E-state index in [9.17, 15) is 4.79 Å². The number of carbonyl (C=O) groups excluding carboxylic acids is 1. The van der Waals surface area contributed by atoms with Gasteiger partial charge in [0.2, 0.25) is 5.91 Å². The fourth-order valence-corrected chi connectivity index (χ4v) is 5.26. The molecule has 8 heteroatoms. The summed E-state index contributed by atoms with van der Waals surface area (Å²) < 4.78 is 6.87. The van der Waals surface area contributed by atoms with E-state index in [0.717, 1.165) is 25.9 Å². The van der Waals surface area contributed by atoms with Crippen molar-refractivity contribution in [2.45, 2.75) is 34.2 Å². The molecule has 1 heterocycles. The lowest BCUT2D eigenvalue weighted by Crippen LogP contribution is -2.14. The SMILES string of the molecule is COc1ccc(CSc2nnc(SCC(=O)Nc3cccc(C(C)C)c3)s2)cc1. The molecule has 2 aromatic carbocycles. The number of rotatable bonds is 9. The van der Waals surface area contributed by atoms with E-state index in [-0.39, 0.29) is 5.91 Å². The molecule has 0 fully saturated rings. The van der Waals surface area contributed by atoms with Gasteiger partial charge in [-0.1, -0.05) is 73.0 Å². The fourth-order valence-electron chi connectivity index (χ4n) is 2.48. The van der Waals surface area contributed by atoms with Gasteiger partial charge in [0, 0.05) is 11.4 Å². The van der Waals surface area contributed by atoms with Crippen molar-refractivity contribution in [3.63, 3.8) is 0 Å². The van der Waals surface area contributed by atoms with Crippen LogP contribution >= 0.6 is 34.9 Å². The Bertz CT molecular complexity index is 942. The minimum atomic E-state index is -0.0430. The van der Waals surface area contributed by atoms with Gasteiger partial charge in [0.05, 0.1) is 12.9 Å². The minimum Gasteiger partial charge on any atom is -0.497 e. The van der Waals surface area contributed by atoms with Crippen molar-refractivity contribution in [2.75, 3.05) is 18.2 Å². The normalized spacial score (nSPS) is 10.9. The Morgan fingerprint density at radius 3 is 2.52 bits per heavy atom. The van der Waals surface area contributed by atoms with Gasteiger partial charge in [0.1, 0.15) is 5.75 Å². The van der Waals surface area contributed by atoms with Crippen molar-refractivity contribution in [3.8, 4) is 5.75 Å². The maximum absolute atomic E-state index is 12.2. The molecule has 152 valence electrons. The second kappa shape index (κ2) is 10.7. The van der Waals surface area contributed by atoms with Gasteiger partial charge in [-0.15, -0.1) is 10.2 Å². The van der Waals surface area contributed by atoms with Crippen molar-refractivity contribution in [1.29, 1.82) is 0 Å². The predicted octanol–water partition coefficient (Wildman–Crippen LogP) is 5.69. The van der Waals surface area contributed by atoms with Crippen LogP contribution in [0.4, 0.5) is 5.69 Å². The molecule has 0 spiro atoms. The smallest absolute Gasteiger partial charge is 0.234 e. The van der Waals surface area contributed by atoms with Crippen LogP contribution in [0.1, 0.15) is 30.9 Å². The first-order valence-electron chi connectivity index (χ1n) is 9.15. The molecule has 0 saturated carbocycles. The molecule has 0 atom stereocenters. The Morgan fingerprint density at radius 2 is 1.83 bits per heavy atom. The zero-order valence-corrected chi connectivity index (χ0v) is 19.0. The summed E-state index contributed by atoms with van der Waals surface area (Å²) in [6.45, 7) is 4.27. The quantitative estimate of drug-likeness (QED) is 0.427. The van der Waals surface area contributed by atoms with Gasteiger partial charge in [-0.3, -0.25) is 4.79 Å². The second-order valence-corrected chi connectivity index (χ2v) is 10.0. The van der Waals surface area contributed by atoms with Crippen LogP contribution in [0.15, 0.2) is 57.2 Å². The molecule has 0 radical (unpaired) electrons. The number of ether oxygens (including phenoxy) is 1. The lowest BCUT2D eigenvalue weighted by atomic mass is 10.0. The largest absolute Gasteiger partial charge is 0.497 e. The van der Waals surface area contributed by atoms with Gasteiger partial charge < -0.3 is 10.1 Å². The zero-order chi connectivity index (χ0) is 20.6. The maximum atomic E-state index is 12.2. The summed E-state index contributed by atoms with van der Waals surface area (Å²) >= 11 is 4.56. The van der Waals surface area contributed by atoms with Crippen molar-refractivity contribution in [2.24, 2.45) is 0 Å². The molecule has 1 N–H and O–H groups in total. The molecule has 3 rings (SSSR count). The lowest BCUT2D eigenvalue weighted by Gasteiger charge is -2.09. The van der Waals surface area contributed by atoms with E-state index in [2.05, 4.69) is 35.4 Å². The van der Waals surface area contributed by atoms with E-state index < -0.39 is 0 Å². The average molecular weight is 446 g/mol. The Kier molecular flexibility index (Phi) is 7.97. The number of benzene rings is 2. The highest BCUT2D eigenvalue weighted by atomic mass is 32.2. The van der Waals surface area contributed by atoms with Crippen LogP contribution in [0.3, 0.4) is 0 Å². The van der Waals surface area contributed by atoms with Crippen LogP contribution in [-0.2, 0) is 10.5 Å². The molecular formula is C21H23N3O2S3. The predicted molar refractivity (Wildman–Crippen MR) is 122 cm³/mol. The molecule has 0 aliphatic heterocycles. The minimum absolute atomic E-state index is 0.0430. The van der Waals surface area contributed by atoms with Crippen LogP contribution in [0.5, 0.6) is 5.75 Å². The van der Waals surface area contributed by atoms with Gasteiger partial charge in [-0.05, 0) is 41.3 Å². The fraction of sp³-hybridized carbons (Fsp3) is 0.286. The summed E-state index contributed by atoms with van der Waals surface area (Å²) in [5, 5.41) is 11.3. The summed E-state index contributed by atoms with van der Waals surface area (Å²) in [5.41, 5.74) is 3.23. The monoisotopic (exact) mass is 445 g/mol. The highest BCUT2D eigenvalue weighted by molar-refractivity contribution is 8.03. The van der Waals surface area contributed by atoms with E-state index in [1.165, 1.54) is 34.2 Å². The first kappa shape index (κ1) is 21.7. The third-order valence-corrected chi connectivity index (χ3v) is 7.33. The maximum Gasteiger partial charge on any atom is 0.234 e. The number of nitrogens with zero attached hydrogens (tertiary/aromatic N) is 2. The van der Waals surface area contributed by atoms with Crippen LogP contribution < -0.4 is 10.1 Å². The molecule has 0 saturated heterocycles. The highest BCUT2D eigenvalue weighted by Gasteiger charge is 2.10. The molecule has 0 aliphatic carbocycles. The summed E-state index contributed by atoms with van der Waals surface area (Å²) in [4.78, 5) is 12.2. The van der Waals surface area contributed by atoms with E-state index >= 15 is 0 Å². The molecule has 5 nitrogen and oxygen atoms in total. The van der Waals surface area contributed by atoms with Crippen LogP contribution in [0.2, 0.25) is 0 Å². The van der Waals surface area contributed by atoms with Crippen molar-refractivity contribution in [1.82, 2.24) is 10.2 Å². The molecule has 1 aromatic heterocycles. The van der Waals surface area contributed by atoms with Crippen molar-refractivity contribution in [3.05, 3.63) is 59.7 Å². The number of amides is 1. The summed E-state index contributed by atoms with van der Waals surface area (Å²) in [5.74, 6) is 2.36. The van der Waals surface area contributed by atoms with Gasteiger partial charge in [-0.25, -0.2) is 0 Å². The highest BCUT2D eigenvalue weighted by Crippen LogP contribution is 2.31. The molecule has 1 amide bonds. The van der Waals surface area contributed by atoms with Gasteiger partial charge >= 0.3 is 0 Å². The first-order chi connectivity index (χ1) is 14.0. The third-order valence-electron chi connectivity index (χ3n) is 4.07. The summed E-state index contributed by atoms with van der Waals surface area (Å²) in [6.07, 6.45) is 0. The standard InChI is InChI=1S/C21H23N3O2S3/c1-14(2)16-5-4-6-17(11-16)22-19(25)13-28-21-24-23-20(29-21)27-12-15-7-9-18(26-3)10-8-15/h4-11,14H,12-13H2,1-3H3,(H,22,25). The van der Waals surface area contributed by atoms with E-state index in [1.54, 1.807) is 18.9 Å². The first-order valence-corrected chi connectivity index (χ1v) is 11.9. The third kappa shape index (κ3) is 6.76. The molecule has 29 heavy (non-hydrogen) atoms. The lowest BCUT2D eigenvalue weighted by molar-refractivity contribution is -0.113. The molecule has 0 aliphatic rings. The molecule has 0 unspecified atom stereocenters. The number of carbonyl (C=O) groups is 1. The van der Waals surface area contributed by atoms with Crippen LogP contribution in [0.25, 0.3) is 0 Å². The van der Waals surface area contributed by atoms with Crippen molar-refractivity contribution >= 4 is 46.5 Å². The molecule has 0 bridgehead atoms. The topological polar surface area (TPSA) is 64.1 Å². The van der Waals surface area contributed by atoms with Gasteiger partial charge in [0.15, 0.2) is 8.68 Å². The number of nitrogens with one attached hydrogen (secondary N) is 1. The number of methoxy groups -OCH3 is 1. The Balaban J connectivity index is 1.46. The number of aromatic nitrogens is 2. The number of hydrogen-bond donors (Lipinski definition) is 1. The Hall–Kier alpha value is -2.03. The summed E-state index contributed by atoms with van der Waals surface area (Å²) in [6, 6.07) is 16.0. The van der Waals surface area contributed by atoms with E-state index in [4.69, 9.17) is 4.74 Å². The van der Waals surface area contributed by atoms with Crippen molar-refractivity contribution < 1.29 is 9.53 Å². The number of hydrogen-bond acceptors (Lipinski definition) is 7. The Morgan fingerprint density at radius 1 is 1.10 bits per heavy atom. The van der Waals surface area contributed by atoms with E-state index in [0.29, 0.717) is 11.7 Å². The Labute approximate surface area is 183 Å². The van der Waals surface area contributed by atoms with Gasteiger partial charge in [0.25, 0.3) is 0 Å². The number of anilines is 1. The van der Waals surface area contributed by atoms with Gasteiger partial charge in [-0.2, -0.15) is 0 Å². The van der Waals surface area contributed by atoms with Crippen LogP contribution in [0, 0.1) is 0 Å². The van der Waals surface area contributed by atoms with Crippen LogP contribution in [-0.4, -0.2) is 29.0 Å². The zero-order valence-electron chi connectivity index (χ0n) is 16.5. The second-order valence-electron chi connectivity index (χ2n) is 6.59.